The van der Waals surface area contributed by atoms with Gasteiger partial charge in [0.2, 0.25) is 0 Å². The van der Waals surface area contributed by atoms with E-state index >= 15 is 0 Å². The molecule has 0 radical (unpaired) electrons. The molecule has 0 unspecified atom stereocenters. The first-order chi connectivity index (χ1) is 9.72. The summed E-state index contributed by atoms with van der Waals surface area (Å²) in [4.78, 5) is 8.29. The fourth-order valence-electron chi connectivity index (χ4n) is 2.49. The highest BCUT2D eigenvalue weighted by molar-refractivity contribution is 5.75. The second kappa shape index (κ2) is 4.13. The lowest BCUT2D eigenvalue weighted by atomic mass is 10.3. The van der Waals surface area contributed by atoms with Crippen LogP contribution in [0.4, 0.5) is 8.78 Å². The Labute approximate surface area is 113 Å². The van der Waals surface area contributed by atoms with E-state index in [1.807, 2.05) is 17.1 Å². The summed E-state index contributed by atoms with van der Waals surface area (Å²) in [6.07, 6.45) is 7.59. The molecule has 20 heavy (non-hydrogen) atoms. The summed E-state index contributed by atoms with van der Waals surface area (Å²) in [6, 6.07) is 2.85. The van der Waals surface area contributed by atoms with Crippen molar-refractivity contribution in [3.8, 4) is 0 Å². The molecular weight excluding hydrogens is 262 g/mol. The van der Waals surface area contributed by atoms with Gasteiger partial charge in [-0.15, -0.1) is 0 Å². The summed E-state index contributed by atoms with van der Waals surface area (Å²) in [7, 11) is 0. The minimum Gasteiger partial charge on any atom is -0.330 e. The van der Waals surface area contributed by atoms with E-state index in [9.17, 15) is 8.78 Å². The van der Waals surface area contributed by atoms with Crippen LogP contribution in [0.25, 0.3) is 11.0 Å². The van der Waals surface area contributed by atoms with Crippen molar-refractivity contribution in [1.29, 1.82) is 0 Å². The van der Waals surface area contributed by atoms with E-state index in [4.69, 9.17) is 0 Å². The zero-order valence-corrected chi connectivity index (χ0v) is 10.6. The predicted molar refractivity (Wildman–Crippen MR) is 69.2 cm³/mol. The van der Waals surface area contributed by atoms with Crippen LogP contribution in [0, 0.1) is 11.6 Å². The van der Waals surface area contributed by atoms with Crippen molar-refractivity contribution in [1.82, 2.24) is 19.1 Å². The Morgan fingerprint density at radius 3 is 2.75 bits per heavy atom. The van der Waals surface area contributed by atoms with Crippen LogP contribution in [0.1, 0.15) is 24.6 Å². The molecule has 6 heteroatoms. The summed E-state index contributed by atoms with van der Waals surface area (Å²) in [6.45, 7) is 0.554. The first-order valence-corrected chi connectivity index (χ1v) is 6.53. The molecule has 102 valence electrons. The van der Waals surface area contributed by atoms with Crippen molar-refractivity contribution in [2.45, 2.75) is 25.4 Å². The zero-order chi connectivity index (χ0) is 13.7. The molecule has 2 heterocycles. The number of imidazole rings is 2. The maximum absolute atomic E-state index is 13.4. The molecule has 4 nitrogen and oxygen atoms in total. The Kier molecular flexibility index (Phi) is 2.39. The normalized spacial score (nSPS) is 15.1. The molecule has 0 bridgehead atoms. The van der Waals surface area contributed by atoms with Crippen LogP contribution < -0.4 is 0 Å². The number of benzene rings is 1. The third-order valence-corrected chi connectivity index (χ3v) is 3.68. The smallest absolute Gasteiger partial charge is 0.161 e. The molecule has 3 aromatic rings. The molecule has 0 atom stereocenters. The van der Waals surface area contributed by atoms with Gasteiger partial charge in [0.1, 0.15) is 0 Å². The van der Waals surface area contributed by atoms with Crippen LogP contribution in [0.5, 0.6) is 0 Å². The van der Waals surface area contributed by atoms with Crippen molar-refractivity contribution in [2.75, 3.05) is 0 Å². The van der Waals surface area contributed by atoms with Crippen molar-refractivity contribution in [3.05, 3.63) is 48.3 Å². The van der Waals surface area contributed by atoms with Crippen LogP contribution in [0.3, 0.4) is 0 Å². The van der Waals surface area contributed by atoms with Gasteiger partial charge in [0, 0.05) is 24.4 Å². The Bertz CT molecular complexity index is 786. The quantitative estimate of drug-likeness (QED) is 0.736. The molecule has 0 saturated heterocycles. The van der Waals surface area contributed by atoms with Gasteiger partial charge in [-0.25, -0.2) is 18.7 Å². The topological polar surface area (TPSA) is 35.6 Å². The molecule has 0 spiro atoms. The summed E-state index contributed by atoms with van der Waals surface area (Å²) in [5, 5.41) is 0. The number of hydrogen-bond acceptors (Lipinski definition) is 2. The number of hydrogen-bond donors (Lipinski definition) is 0. The van der Waals surface area contributed by atoms with Gasteiger partial charge >= 0.3 is 0 Å². The Morgan fingerprint density at radius 1 is 1.15 bits per heavy atom. The van der Waals surface area contributed by atoms with Crippen molar-refractivity contribution < 1.29 is 8.78 Å². The van der Waals surface area contributed by atoms with Gasteiger partial charge in [0.15, 0.2) is 11.6 Å². The molecule has 4 rings (SSSR count). The first kappa shape index (κ1) is 11.6. The summed E-state index contributed by atoms with van der Waals surface area (Å²) >= 11 is 0. The first-order valence-electron chi connectivity index (χ1n) is 6.53. The van der Waals surface area contributed by atoms with E-state index in [1.165, 1.54) is 18.9 Å². The molecular formula is C14H12F2N4. The SMILES string of the molecule is Fc1cc2ncn(Cc3cncn3C3CC3)c2cc1F. The van der Waals surface area contributed by atoms with Gasteiger partial charge in [0.25, 0.3) is 0 Å². The molecule has 0 amide bonds. The largest absolute Gasteiger partial charge is 0.330 e. The molecule has 2 aromatic heterocycles. The van der Waals surface area contributed by atoms with Gasteiger partial charge in [-0.3, -0.25) is 0 Å². The monoisotopic (exact) mass is 274 g/mol. The molecule has 1 aromatic carbocycles. The fraction of sp³-hybridized carbons (Fsp3) is 0.286. The molecule has 1 aliphatic carbocycles. The van der Waals surface area contributed by atoms with Crippen molar-refractivity contribution >= 4 is 11.0 Å². The zero-order valence-electron chi connectivity index (χ0n) is 10.6. The summed E-state index contributed by atoms with van der Waals surface area (Å²) < 4.78 is 30.5. The summed E-state index contributed by atoms with van der Waals surface area (Å²) in [5.74, 6) is -1.72. The molecule has 1 aliphatic rings. The Hall–Kier alpha value is -2.24. The highest BCUT2D eigenvalue weighted by Gasteiger charge is 2.25. The fourth-order valence-corrected chi connectivity index (χ4v) is 2.49. The highest BCUT2D eigenvalue weighted by atomic mass is 19.2. The maximum Gasteiger partial charge on any atom is 0.161 e. The standard InChI is InChI=1S/C14H12F2N4/c15-11-3-13-14(4-12(11)16)19(8-18-13)6-10-5-17-7-20(10)9-1-2-9/h3-5,7-9H,1-2,6H2. The van der Waals surface area contributed by atoms with E-state index in [0.29, 0.717) is 23.6 Å². The second-order valence-corrected chi connectivity index (χ2v) is 5.15. The van der Waals surface area contributed by atoms with Crippen LogP contribution in [-0.4, -0.2) is 19.1 Å². The van der Waals surface area contributed by atoms with E-state index in [-0.39, 0.29) is 0 Å². The number of aromatic nitrogens is 4. The highest BCUT2D eigenvalue weighted by Crippen LogP contribution is 2.35. The average molecular weight is 274 g/mol. The lowest BCUT2D eigenvalue weighted by molar-refractivity contribution is 0.510. The van der Waals surface area contributed by atoms with Gasteiger partial charge in [-0.05, 0) is 12.8 Å². The number of fused-ring (bicyclic) bond motifs is 1. The second-order valence-electron chi connectivity index (χ2n) is 5.15. The lowest BCUT2D eigenvalue weighted by Crippen LogP contribution is -2.05. The lowest BCUT2D eigenvalue weighted by Gasteiger charge is -2.08. The van der Waals surface area contributed by atoms with Crippen molar-refractivity contribution in [3.63, 3.8) is 0 Å². The van der Waals surface area contributed by atoms with E-state index in [1.54, 1.807) is 6.33 Å². The Morgan fingerprint density at radius 2 is 1.95 bits per heavy atom. The van der Waals surface area contributed by atoms with Gasteiger partial charge in [-0.1, -0.05) is 0 Å². The van der Waals surface area contributed by atoms with E-state index in [0.717, 1.165) is 11.8 Å². The molecule has 0 aliphatic heterocycles. The van der Waals surface area contributed by atoms with Gasteiger partial charge in [0.05, 0.1) is 35.9 Å². The van der Waals surface area contributed by atoms with E-state index < -0.39 is 11.6 Å². The van der Waals surface area contributed by atoms with Gasteiger partial charge < -0.3 is 9.13 Å². The average Bonchev–Trinajstić information content (AvgIpc) is 3.07. The van der Waals surface area contributed by atoms with Crippen LogP contribution in [-0.2, 0) is 6.54 Å². The molecule has 1 saturated carbocycles. The Balaban J connectivity index is 1.75. The predicted octanol–water partition coefficient (Wildman–Crippen LogP) is 2.89. The van der Waals surface area contributed by atoms with Crippen LogP contribution in [0.15, 0.2) is 31.0 Å². The number of rotatable bonds is 3. The number of halogens is 2. The minimum absolute atomic E-state index is 0.460. The van der Waals surface area contributed by atoms with Crippen LogP contribution >= 0.6 is 0 Å². The third-order valence-electron chi connectivity index (χ3n) is 3.68. The van der Waals surface area contributed by atoms with E-state index in [2.05, 4.69) is 14.5 Å². The summed E-state index contributed by atoms with van der Waals surface area (Å²) in [5.41, 5.74) is 2.10. The minimum atomic E-state index is -0.870. The molecule has 1 fully saturated rings. The van der Waals surface area contributed by atoms with Gasteiger partial charge in [-0.2, -0.15) is 0 Å². The van der Waals surface area contributed by atoms with Crippen LogP contribution in [0.2, 0.25) is 0 Å². The number of nitrogens with zero attached hydrogens (tertiary/aromatic N) is 4. The molecule has 0 N–H and O–H groups in total. The van der Waals surface area contributed by atoms with Crippen molar-refractivity contribution in [2.24, 2.45) is 0 Å². The third kappa shape index (κ3) is 1.79. The maximum atomic E-state index is 13.4.